The van der Waals surface area contributed by atoms with Crippen LogP contribution in [0, 0.1) is 23.3 Å². The van der Waals surface area contributed by atoms with E-state index in [1.807, 2.05) is 0 Å². The van der Waals surface area contributed by atoms with E-state index in [0.717, 1.165) is 6.07 Å². The predicted octanol–water partition coefficient (Wildman–Crippen LogP) is 5.95. The third-order valence-electron chi connectivity index (χ3n) is 13.3. The molecule has 0 spiro atoms. The third-order valence-corrected chi connectivity index (χ3v) is 13.3. The van der Waals surface area contributed by atoms with Gasteiger partial charge in [0, 0.05) is 95.5 Å². The lowest BCUT2D eigenvalue weighted by Gasteiger charge is -2.47. The zero-order chi connectivity index (χ0) is 47.3. The van der Waals surface area contributed by atoms with Crippen molar-refractivity contribution in [1.29, 1.82) is 0 Å². The molecule has 0 radical (unpaired) electrons. The molecule has 3 fully saturated rings. The van der Waals surface area contributed by atoms with Crippen molar-refractivity contribution >= 4 is 51.5 Å². The molecule has 14 nitrogen and oxygen atoms in total. The molecule has 3 aromatic carbocycles. The first kappa shape index (κ1) is 45.5. The van der Waals surface area contributed by atoms with Crippen LogP contribution >= 0.6 is 0 Å². The topological polar surface area (TPSA) is 143 Å². The number of aromatic amines is 1. The van der Waals surface area contributed by atoms with E-state index < -0.39 is 65.4 Å². The van der Waals surface area contributed by atoms with Crippen molar-refractivity contribution in [2.24, 2.45) is 0 Å². The maximum absolute atomic E-state index is 16.6. The van der Waals surface area contributed by atoms with Crippen LogP contribution in [0.1, 0.15) is 59.6 Å². The number of nitrogens with one attached hydrogen (secondary N) is 2. The van der Waals surface area contributed by atoms with Crippen molar-refractivity contribution in [3.05, 3.63) is 101 Å². The Labute approximate surface area is 381 Å². The van der Waals surface area contributed by atoms with E-state index in [1.165, 1.54) is 71.2 Å². The molecule has 0 aliphatic carbocycles. The first-order valence-electron chi connectivity index (χ1n) is 22.2. The summed E-state index contributed by atoms with van der Waals surface area (Å²) in [6.07, 6.45) is 5.83. The molecule has 2 aromatic heterocycles. The Hall–Kier alpha value is -6.70. The number of benzene rings is 3. The second-order valence-corrected chi connectivity index (χ2v) is 17.7. The van der Waals surface area contributed by atoms with Crippen molar-refractivity contribution < 1.29 is 45.5 Å². The predicted molar refractivity (Wildman–Crippen MR) is 236 cm³/mol. The van der Waals surface area contributed by atoms with Gasteiger partial charge in [-0.3, -0.25) is 34.1 Å². The van der Waals surface area contributed by atoms with Crippen LogP contribution in [0.15, 0.2) is 60.9 Å². The number of aromatic nitrogens is 4. The van der Waals surface area contributed by atoms with Crippen LogP contribution in [0.5, 0.6) is 0 Å². The number of piperazine rings is 1. The van der Waals surface area contributed by atoms with Crippen LogP contribution in [0.3, 0.4) is 0 Å². The number of carbonyl (C=O) groups is 4. The summed E-state index contributed by atoms with van der Waals surface area (Å²) in [6, 6.07) is 8.48. The second-order valence-electron chi connectivity index (χ2n) is 17.7. The van der Waals surface area contributed by atoms with Gasteiger partial charge >= 0.3 is 0 Å². The van der Waals surface area contributed by atoms with Crippen LogP contribution in [-0.4, -0.2) is 137 Å². The zero-order valence-corrected chi connectivity index (χ0v) is 36.8. The summed E-state index contributed by atoms with van der Waals surface area (Å²) >= 11 is 0. The molecule has 4 aliphatic heterocycles. The van der Waals surface area contributed by atoms with Crippen molar-refractivity contribution in [2.75, 3.05) is 76.3 Å². The number of halogens is 6. The number of aryl methyl sites for hydroxylation is 1. The van der Waals surface area contributed by atoms with Gasteiger partial charge in [-0.2, -0.15) is 0 Å². The van der Waals surface area contributed by atoms with Crippen LogP contribution in [0.2, 0.25) is 0 Å². The number of piperidine rings is 2. The smallest absolute Gasteiger partial charge is 0.280 e. The number of carbonyl (C=O) groups excluding carboxylic acids is 4. The molecule has 0 bridgehead atoms. The van der Waals surface area contributed by atoms with E-state index in [0.29, 0.717) is 30.6 Å². The maximum atomic E-state index is 16.6. The molecular formula is C47H48F6N10O4. The van der Waals surface area contributed by atoms with E-state index in [4.69, 9.17) is 0 Å². The van der Waals surface area contributed by atoms with Gasteiger partial charge < -0.3 is 24.6 Å². The first-order valence-corrected chi connectivity index (χ1v) is 22.2. The normalized spacial score (nSPS) is 20.3. The molecule has 3 saturated heterocycles. The lowest BCUT2D eigenvalue weighted by atomic mass is 9.90. The number of nitrogens with zero attached hydrogens (tertiary/aromatic N) is 8. The average molecular weight is 931 g/mol. The number of hydrogen-bond donors (Lipinski definition) is 2. The molecule has 352 valence electrons. The number of hydrogen-bond acceptors (Lipinski definition) is 9. The van der Waals surface area contributed by atoms with Gasteiger partial charge in [0.2, 0.25) is 17.7 Å². The summed E-state index contributed by atoms with van der Waals surface area (Å²) in [5.74, 6) is -9.44. The van der Waals surface area contributed by atoms with Gasteiger partial charge in [-0.25, -0.2) is 26.3 Å². The SMILES string of the molecule is CN(C)C(=O)c1cc2c(-c3ccc(N4CCN([C@H]5CCN(c6ccc(C7CCC(=O)NC7=O)cc6F)CC5(F)F)CC4)c(F)c3F)cc(C3=CCCN(C(=O)CCn4ccnn4)C3)c(F)c2[nH]1. The first-order chi connectivity index (χ1) is 32.1. The Morgan fingerprint density at radius 2 is 1.63 bits per heavy atom. The summed E-state index contributed by atoms with van der Waals surface area (Å²) in [5, 5.41) is 10.0. The van der Waals surface area contributed by atoms with Crippen LogP contribution in [0.25, 0.3) is 27.6 Å². The summed E-state index contributed by atoms with van der Waals surface area (Å²) in [5.41, 5.74) is 0.623. The molecule has 1 unspecified atom stereocenters. The Bertz CT molecular complexity index is 2790. The quantitative estimate of drug-likeness (QED) is 0.129. The highest BCUT2D eigenvalue weighted by atomic mass is 19.3. The molecule has 4 amide bonds. The van der Waals surface area contributed by atoms with E-state index in [-0.39, 0.29) is 116 Å². The van der Waals surface area contributed by atoms with Gasteiger partial charge in [-0.1, -0.05) is 17.4 Å². The summed E-state index contributed by atoms with van der Waals surface area (Å²) in [6.45, 7) is 0.541. The van der Waals surface area contributed by atoms with Crippen LogP contribution < -0.4 is 15.1 Å². The molecule has 20 heteroatoms. The van der Waals surface area contributed by atoms with Crippen LogP contribution in [0.4, 0.5) is 37.7 Å². The number of rotatable bonds is 10. The fourth-order valence-corrected chi connectivity index (χ4v) is 9.80. The molecule has 5 aromatic rings. The fourth-order valence-electron chi connectivity index (χ4n) is 9.80. The zero-order valence-electron chi connectivity index (χ0n) is 36.8. The monoisotopic (exact) mass is 930 g/mol. The number of H-pyrrole nitrogens is 1. The van der Waals surface area contributed by atoms with Gasteiger partial charge in [-0.05, 0) is 72.4 Å². The Morgan fingerprint density at radius 1 is 0.851 bits per heavy atom. The number of fused-ring (bicyclic) bond motifs is 1. The highest BCUT2D eigenvalue weighted by Gasteiger charge is 2.48. The fraction of sp³-hybridized carbons (Fsp3) is 0.404. The molecule has 2 atom stereocenters. The largest absolute Gasteiger partial charge is 0.367 e. The van der Waals surface area contributed by atoms with E-state index in [1.54, 1.807) is 27.0 Å². The van der Waals surface area contributed by atoms with Gasteiger partial charge in [0.05, 0.1) is 48.1 Å². The van der Waals surface area contributed by atoms with Gasteiger partial charge in [0.15, 0.2) is 17.5 Å². The molecule has 9 rings (SSSR count). The Balaban J connectivity index is 0.912. The summed E-state index contributed by atoms with van der Waals surface area (Å²) in [4.78, 5) is 60.4. The second kappa shape index (κ2) is 18.2. The highest BCUT2D eigenvalue weighted by Crippen LogP contribution is 2.41. The van der Waals surface area contributed by atoms with Crippen LogP contribution in [-0.2, 0) is 20.9 Å². The van der Waals surface area contributed by atoms with Crippen molar-refractivity contribution in [2.45, 2.75) is 56.5 Å². The third kappa shape index (κ3) is 8.85. The van der Waals surface area contributed by atoms with Crippen molar-refractivity contribution in [1.82, 2.24) is 40.0 Å². The lowest BCUT2D eigenvalue weighted by Crippen LogP contribution is -2.62. The number of amides is 4. The summed E-state index contributed by atoms with van der Waals surface area (Å²) < 4.78 is 98.4. The van der Waals surface area contributed by atoms with E-state index >= 15 is 26.3 Å². The Kier molecular flexibility index (Phi) is 12.3. The minimum atomic E-state index is -3.26. The minimum Gasteiger partial charge on any atom is -0.367 e. The Morgan fingerprint density at radius 3 is 2.33 bits per heavy atom. The van der Waals surface area contributed by atoms with Gasteiger partial charge in [0.25, 0.3) is 11.8 Å². The lowest BCUT2D eigenvalue weighted by molar-refractivity contribution is -0.134. The van der Waals surface area contributed by atoms with Gasteiger partial charge in [-0.15, -0.1) is 5.10 Å². The number of imide groups is 1. The van der Waals surface area contributed by atoms with E-state index in [2.05, 4.69) is 20.6 Å². The van der Waals surface area contributed by atoms with Crippen molar-refractivity contribution in [3.63, 3.8) is 0 Å². The standard InChI is InChI=1S/C47H48F6N10O4/c1-58(2)46(67)35-24-33-32(23-31(42(50)44(33)55-35)28-4-3-14-61(25-28)40(65)12-16-63-17-13-54-57-63)30-6-9-37(43(51)41(30)49)59-18-20-60(21-19-59)38-11-15-62(26-47(38,52)53)36-8-5-27(22-34(36)48)29-7-10-39(64)56-45(29)66/h4-6,8-9,13,17,22-24,29,38,55H,3,7,10-12,14-16,18-21,25-26H2,1-2H3,(H,56,64,66)/t29?,38-/m0/s1. The number of anilines is 2. The molecule has 6 heterocycles. The van der Waals surface area contributed by atoms with E-state index in [9.17, 15) is 19.2 Å². The summed E-state index contributed by atoms with van der Waals surface area (Å²) in [7, 11) is 3.05. The van der Waals surface area contributed by atoms with Gasteiger partial charge in [0.1, 0.15) is 11.5 Å². The minimum absolute atomic E-state index is 0.00338. The molecular weight excluding hydrogens is 883 g/mol. The number of alkyl halides is 2. The maximum Gasteiger partial charge on any atom is 0.280 e. The average Bonchev–Trinajstić information content (AvgIpc) is 4.01. The molecule has 0 saturated carbocycles. The molecule has 67 heavy (non-hydrogen) atoms. The highest BCUT2D eigenvalue weighted by molar-refractivity contribution is 6.05. The molecule has 4 aliphatic rings. The molecule has 2 N–H and O–H groups in total. The van der Waals surface area contributed by atoms with Crippen molar-refractivity contribution in [3.8, 4) is 11.1 Å².